The Bertz CT molecular complexity index is 581. The lowest BCUT2D eigenvalue weighted by molar-refractivity contribution is -0.274. The van der Waals surface area contributed by atoms with E-state index in [2.05, 4.69) is 14.9 Å². The van der Waals surface area contributed by atoms with Crippen molar-refractivity contribution >= 4 is 0 Å². The Balaban J connectivity index is 2.26. The van der Waals surface area contributed by atoms with Crippen molar-refractivity contribution in [2.75, 3.05) is 0 Å². The maximum atomic E-state index is 12.0. The van der Waals surface area contributed by atoms with E-state index in [0.29, 0.717) is 11.1 Å². The van der Waals surface area contributed by atoms with E-state index in [0.717, 1.165) is 0 Å². The lowest BCUT2D eigenvalue weighted by Gasteiger charge is -2.08. The minimum absolute atomic E-state index is 0.250. The second-order valence-corrected chi connectivity index (χ2v) is 3.34. The Morgan fingerprint density at radius 3 is 2.44 bits per heavy atom. The first-order valence-corrected chi connectivity index (χ1v) is 4.79. The van der Waals surface area contributed by atoms with Crippen LogP contribution in [0.3, 0.4) is 0 Å². The zero-order valence-corrected chi connectivity index (χ0v) is 8.82. The molecule has 1 heterocycles. The number of nitrogens with zero attached hydrogens (tertiary/aromatic N) is 2. The zero-order valence-electron chi connectivity index (χ0n) is 8.82. The zero-order chi connectivity index (χ0) is 13.2. The third kappa shape index (κ3) is 2.60. The monoisotopic (exact) mass is 253 g/mol. The minimum atomic E-state index is -4.71. The first-order valence-electron chi connectivity index (χ1n) is 4.79. The van der Waals surface area contributed by atoms with Gasteiger partial charge in [-0.05, 0) is 17.7 Å². The first kappa shape index (κ1) is 12.0. The third-order valence-electron chi connectivity index (χ3n) is 2.15. The number of benzene rings is 1. The number of alkyl halides is 3. The molecule has 4 nitrogen and oxygen atoms in total. The number of hydrogen-bond acceptors (Lipinski definition) is 3. The molecular weight excluding hydrogens is 247 g/mol. The molecule has 1 aromatic carbocycles. The fourth-order valence-electron chi connectivity index (χ4n) is 1.43. The van der Waals surface area contributed by atoms with Crippen molar-refractivity contribution in [3.05, 3.63) is 36.2 Å². The summed E-state index contributed by atoms with van der Waals surface area (Å²) in [6.45, 7) is 0. The van der Waals surface area contributed by atoms with Crippen LogP contribution in [0.15, 0.2) is 30.5 Å². The van der Waals surface area contributed by atoms with E-state index in [4.69, 9.17) is 5.26 Å². The van der Waals surface area contributed by atoms with Crippen LogP contribution in [0.25, 0.3) is 11.1 Å². The summed E-state index contributed by atoms with van der Waals surface area (Å²) >= 11 is 0. The predicted octanol–water partition coefficient (Wildman–Crippen LogP) is 2.85. The second-order valence-electron chi connectivity index (χ2n) is 3.34. The average Bonchev–Trinajstić information content (AvgIpc) is 2.76. The number of ether oxygens (including phenoxy) is 1. The Hall–Kier alpha value is -2.49. The fourth-order valence-corrected chi connectivity index (χ4v) is 1.43. The molecule has 7 heteroatoms. The molecule has 0 aliphatic carbocycles. The molecule has 0 unspecified atom stereocenters. The molecule has 0 saturated heterocycles. The third-order valence-corrected chi connectivity index (χ3v) is 2.15. The van der Waals surface area contributed by atoms with Crippen LogP contribution in [-0.2, 0) is 0 Å². The van der Waals surface area contributed by atoms with Crippen LogP contribution < -0.4 is 4.74 Å². The van der Waals surface area contributed by atoms with Gasteiger partial charge in [-0.1, -0.05) is 12.1 Å². The van der Waals surface area contributed by atoms with Crippen molar-refractivity contribution in [1.29, 1.82) is 5.26 Å². The summed E-state index contributed by atoms with van der Waals surface area (Å²) < 4.78 is 39.6. The molecule has 0 fully saturated rings. The predicted molar refractivity (Wildman–Crippen MR) is 55.4 cm³/mol. The van der Waals surface area contributed by atoms with Crippen LogP contribution in [0, 0.1) is 11.3 Å². The molecule has 92 valence electrons. The van der Waals surface area contributed by atoms with Crippen LogP contribution >= 0.6 is 0 Å². The van der Waals surface area contributed by atoms with Gasteiger partial charge in [0, 0.05) is 5.56 Å². The highest BCUT2D eigenvalue weighted by Crippen LogP contribution is 2.27. The van der Waals surface area contributed by atoms with E-state index in [1.807, 2.05) is 6.07 Å². The molecule has 0 spiro atoms. The maximum absolute atomic E-state index is 12.0. The second kappa shape index (κ2) is 4.41. The van der Waals surface area contributed by atoms with E-state index in [1.165, 1.54) is 30.5 Å². The van der Waals surface area contributed by atoms with E-state index in [1.54, 1.807) is 0 Å². The number of aromatic nitrogens is 2. The summed E-state index contributed by atoms with van der Waals surface area (Å²) in [5.41, 5.74) is 1.35. The summed E-state index contributed by atoms with van der Waals surface area (Å²) in [5.74, 6) is -0.312. The molecule has 0 radical (unpaired) electrons. The number of nitrogens with one attached hydrogen (secondary N) is 1. The molecule has 2 aromatic rings. The highest BCUT2D eigenvalue weighted by molar-refractivity contribution is 5.68. The fraction of sp³-hybridized carbons (Fsp3) is 0.0909. The van der Waals surface area contributed by atoms with Gasteiger partial charge in [0.2, 0.25) is 0 Å². The molecule has 1 N–H and O–H groups in total. The molecule has 0 aliphatic rings. The van der Waals surface area contributed by atoms with Crippen LogP contribution in [0.4, 0.5) is 13.2 Å². The highest BCUT2D eigenvalue weighted by Gasteiger charge is 2.30. The number of halogens is 3. The Kier molecular flexibility index (Phi) is 2.93. The van der Waals surface area contributed by atoms with Crippen molar-refractivity contribution in [2.24, 2.45) is 0 Å². The van der Waals surface area contributed by atoms with Gasteiger partial charge in [-0.25, -0.2) is 0 Å². The minimum Gasteiger partial charge on any atom is -0.406 e. The van der Waals surface area contributed by atoms with Gasteiger partial charge < -0.3 is 4.74 Å². The largest absolute Gasteiger partial charge is 0.573 e. The number of aromatic amines is 1. The summed E-state index contributed by atoms with van der Waals surface area (Å²) in [7, 11) is 0. The summed E-state index contributed by atoms with van der Waals surface area (Å²) in [5, 5.41) is 15.0. The molecule has 0 bridgehead atoms. The van der Waals surface area contributed by atoms with Crippen LogP contribution in [0.1, 0.15) is 5.69 Å². The van der Waals surface area contributed by atoms with E-state index in [-0.39, 0.29) is 11.4 Å². The first-order chi connectivity index (χ1) is 8.49. The number of rotatable bonds is 2. The Morgan fingerprint density at radius 2 is 1.89 bits per heavy atom. The van der Waals surface area contributed by atoms with Gasteiger partial charge in [-0.3, -0.25) is 5.10 Å². The van der Waals surface area contributed by atoms with Gasteiger partial charge in [0.15, 0.2) is 0 Å². The molecule has 1 aromatic heterocycles. The maximum Gasteiger partial charge on any atom is 0.573 e. The Morgan fingerprint density at radius 1 is 1.22 bits per heavy atom. The van der Waals surface area contributed by atoms with E-state index >= 15 is 0 Å². The normalized spacial score (nSPS) is 11.0. The van der Waals surface area contributed by atoms with Gasteiger partial charge >= 0.3 is 6.36 Å². The van der Waals surface area contributed by atoms with Crippen LogP contribution in [0.5, 0.6) is 5.75 Å². The van der Waals surface area contributed by atoms with Crippen molar-refractivity contribution < 1.29 is 17.9 Å². The molecule has 0 amide bonds. The smallest absolute Gasteiger partial charge is 0.406 e. The standard InChI is InChI=1S/C11H6F3N3O/c12-11(13,14)18-8-3-1-7(2-4-8)9-6-16-17-10(9)5-15/h1-4,6H,(H,16,17). The average molecular weight is 253 g/mol. The van der Waals surface area contributed by atoms with Gasteiger partial charge in [-0.2, -0.15) is 10.4 Å². The molecule has 0 saturated carbocycles. The van der Waals surface area contributed by atoms with Gasteiger partial charge in [0.1, 0.15) is 17.5 Å². The van der Waals surface area contributed by atoms with Crippen molar-refractivity contribution in [1.82, 2.24) is 10.2 Å². The van der Waals surface area contributed by atoms with Gasteiger partial charge in [-0.15, -0.1) is 13.2 Å². The quantitative estimate of drug-likeness (QED) is 0.895. The van der Waals surface area contributed by atoms with E-state index < -0.39 is 6.36 Å². The lowest BCUT2D eigenvalue weighted by Crippen LogP contribution is -2.16. The highest BCUT2D eigenvalue weighted by atomic mass is 19.4. The summed E-state index contributed by atoms with van der Waals surface area (Å²) in [4.78, 5) is 0. The number of nitriles is 1. The Labute approximate surface area is 99.6 Å². The van der Waals surface area contributed by atoms with E-state index in [9.17, 15) is 13.2 Å². The van der Waals surface area contributed by atoms with Gasteiger partial charge in [0.05, 0.1) is 6.20 Å². The summed E-state index contributed by atoms with van der Waals surface area (Å²) in [6, 6.07) is 7.10. The van der Waals surface area contributed by atoms with Crippen molar-refractivity contribution in [2.45, 2.75) is 6.36 Å². The van der Waals surface area contributed by atoms with Crippen LogP contribution in [0.2, 0.25) is 0 Å². The van der Waals surface area contributed by atoms with Crippen molar-refractivity contribution in [3.63, 3.8) is 0 Å². The SMILES string of the molecule is N#Cc1[nH]ncc1-c1ccc(OC(F)(F)F)cc1. The van der Waals surface area contributed by atoms with Gasteiger partial charge in [0.25, 0.3) is 0 Å². The number of hydrogen-bond donors (Lipinski definition) is 1. The molecule has 0 aliphatic heterocycles. The van der Waals surface area contributed by atoms with Crippen LogP contribution in [-0.4, -0.2) is 16.6 Å². The molecular formula is C11H6F3N3O. The topological polar surface area (TPSA) is 61.7 Å². The molecule has 0 atom stereocenters. The number of H-pyrrole nitrogens is 1. The molecule has 2 rings (SSSR count). The molecule has 18 heavy (non-hydrogen) atoms. The summed E-state index contributed by atoms with van der Waals surface area (Å²) in [6.07, 6.45) is -3.28. The lowest BCUT2D eigenvalue weighted by atomic mass is 10.1. The van der Waals surface area contributed by atoms with Crippen molar-refractivity contribution in [3.8, 4) is 22.9 Å².